The van der Waals surface area contributed by atoms with E-state index < -0.39 is 29.0 Å². The SMILES string of the molecule is CN=C(NCC(=O)Nc1ccc(F)c(F)c1F)N1CCN(c2cccc(OC)c2)CC1.I. The summed E-state index contributed by atoms with van der Waals surface area (Å²) in [5, 5.41) is 5.14. The number of carbonyl (C=O) groups is 1. The van der Waals surface area contributed by atoms with Crippen molar-refractivity contribution in [2.45, 2.75) is 0 Å². The number of methoxy groups -OCH3 is 1. The van der Waals surface area contributed by atoms with Crippen LogP contribution in [0.25, 0.3) is 0 Å². The van der Waals surface area contributed by atoms with Crippen LogP contribution in [0.3, 0.4) is 0 Å². The van der Waals surface area contributed by atoms with Gasteiger partial charge in [-0.2, -0.15) is 0 Å². The molecule has 0 aliphatic carbocycles. The highest BCUT2D eigenvalue weighted by Gasteiger charge is 2.21. The van der Waals surface area contributed by atoms with Gasteiger partial charge < -0.3 is 25.2 Å². The molecule has 0 unspecified atom stereocenters. The maximum atomic E-state index is 13.7. The van der Waals surface area contributed by atoms with Gasteiger partial charge in [0, 0.05) is 45.0 Å². The second-order valence-corrected chi connectivity index (χ2v) is 6.85. The average Bonchev–Trinajstić information content (AvgIpc) is 2.80. The van der Waals surface area contributed by atoms with E-state index in [-0.39, 0.29) is 30.5 Å². The molecular formula is C21H25F3IN5O2. The van der Waals surface area contributed by atoms with Crippen LogP contribution in [0.15, 0.2) is 41.4 Å². The molecule has 0 aromatic heterocycles. The number of nitrogens with zero attached hydrogens (tertiary/aromatic N) is 3. The van der Waals surface area contributed by atoms with Crippen molar-refractivity contribution in [3.63, 3.8) is 0 Å². The molecule has 1 amide bonds. The van der Waals surface area contributed by atoms with Crippen LogP contribution in [0.5, 0.6) is 5.75 Å². The predicted octanol–water partition coefficient (Wildman–Crippen LogP) is 3.07. The van der Waals surface area contributed by atoms with E-state index in [4.69, 9.17) is 4.74 Å². The van der Waals surface area contributed by atoms with Crippen LogP contribution in [-0.4, -0.2) is 63.6 Å². The highest BCUT2D eigenvalue weighted by molar-refractivity contribution is 14.0. The number of aliphatic imine (C=N–C) groups is 1. The monoisotopic (exact) mass is 563 g/mol. The number of halogens is 4. The number of nitrogens with one attached hydrogen (secondary N) is 2. The van der Waals surface area contributed by atoms with Crippen molar-refractivity contribution in [2.75, 3.05) is 57.1 Å². The van der Waals surface area contributed by atoms with Crippen molar-refractivity contribution in [1.82, 2.24) is 10.2 Å². The van der Waals surface area contributed by atoms with Crippen molar-refractivity contribution in [3.8, 4) is 5.75 Å². The van der Waals surface area contributed by atoms with Crippen LogP contribution >= 0.6 is 24.0 Å². The number of hydrogen-bond donors (Lipinski definition) is 2. The lowest BCUT2D eigenvalue weighted by molar-refractivity contribution is -0.115. The predicted molar refractivity (Wildman–Crippen MR) is 129 cm³/mol. The molecule has 32 heavy (non-hydrogen) atoms. The summed E-state index contributed by atoms with van der Waals surface area (Å²) < 4.78 is 45.3. The van der Waals surface area contributed by atoms with Crippen molar-refractivity contribution in [1.29, 1.82) is 0 Å². The molecule has 174 valence electrons. The minimum Gasteiger partial charge on any atom is -0.497 e. The molecule has 2 aromatic carbocycles. The number of amides is 1. The van der Waals surface area contributed by atoms with Crippen molar-refractivity contribution in [2.24, 2.45) is 4.99 Å². The van der Waals surface area contributed by atoms with Gasteiger partial charge in [0.15, 0.2) is 23.4 Å². The first-order valence-corrected chi connectivity index (χ1v) is 9.71. The lowest BCUT2D eigenvalue weighted by Gasteiger charge is -2.37. The molecule has 11 heteroatoms. The zero-order chi connectivity index (χ0) is 22.4. The number of ether oxygens (including phenoxy) is 1. The van der Waals surface area contributed by atoms with Gasteiger partial charge in [-0.1, -0.05) is 6.07 Å². The third-order valence-electron chi connectivity index (χ3n) is 4.93. The molecule has 1 aliphatic heterocycles. The Bertz CT molecular complexity index is 968. The zero-order valence-corrected chi connectivity index (χ0v) is 20.0. The highest BCUT2D eigenvalue weighted by Crippen LogP contribution is 2.22. The molecule has 1 heterocycles. The lowest BCUT2D eigenvalue weighted by atomic mass is 10.2. The van der Waals surface area contributed by atoms with E-state index in [0.29, 0.717) is 19.0 Å². The Morgan fingerprint density at radius 3 is 2.47 bits per heavy atom. The second-order valence-electron chi connectivity index (χ2n) is 6.85. The van der Waals surface area contributed by atoms with E-state index in [9.17, 15) is 18.0 Å². The van der Waals surface area contributed by atoms with Crippen LogP contribution in [-0.2, 0) is 4.79 Å². The smallest absolute Gasteiger partial charge is 0.243 e. The molecule has 1 fully saturated rings. The van der Waals surface area contributed by atoms with Crippen LogP contribution < -0.4 is 20.3 Å². The van der Waals surface area contributed by atoms with Gasteiger partial charge >= 0.3 is 0 Å². The van der Waals surface area contributed by atoms with Gasteiger partial charge in [0.2, 0.25) is 5.91 Å². The molecule has 0 radical (unpaired) electrons. The fourth-order valence-electron chi connectivity index (χ4n) is 3.29. The van der Waals surface area contributed by atoms with Gasteiger partial charge in [0.05, 0.1) is 19.3 Å². The van der Waals surface area contributed by atoms with Crippen LogP contribution in [0.1, 0.15) is 0 Å². The topological polar surface area (TPSA) is 69.2 Å². The fraction of sp³-hybridized carbons (Fsp3) is 0.333. The molecule has 0 saturated carbocycles. The largest absolute Gasteiger partial charge is 0.497 e. The van der Waals surface area contributed by atoms with Gasteiger partial charge in [0.1, 0.15) is 5.75 Å². The summed E-state index contributed by atoms with van der Waals surface area (Å²) in [4.78, 5) is 20.5. The summed E-state index contributed by atoms with van der Waals surface area (Å²) in [6.07, 6.45) is 0. The number of guanidine groups is 1. The maximum Gasteiger partial charge on any atom is 0.243 e. The molecule has 1 saturated heterocycles. The summed E-state index contributed by atoms with van der Waals surface area (Å²) in [6, 6.07) is 9.55. The van der Waals surface area contributed by atoms with E-state index in [1.807, 2.05) is 29.2 Å². The Morgan fingerprint density at radius 1 is 1.09 bits per heavy atom. The second kappa shape index (κ2) is 11.8. The van der Waals surface area contributed by atoms with Crippen molar-refractivity contribution in [3.05, 3.63) is 53.8 Å². The summed E-state index contributed by atoms with van der Waals surface area (Å²) >= 11 is 0. The Morgan fingerprint density at radius 2 is 1.81 bits per heavy atom. The maximum absolute atomic E-state index is 13.7. The van der Waals surface area contributed by atoms with Gasteiger partial charge in [-0.25, -0.2) is 13.2 Å². The molecular weight excluding hydrogens is 538 g/mol. The van der Waals surface area contributed by atoms with Crippen LogP contribution in [0.4, 0.5) is 24.5 Å². The van der Waals surface area contributed by atoms with E-state index in [1.165, 1.54) is 0 Å². The molecule has 7 nitrogen and oxygen atoms in total. The van der Waals surface area contributed by atoms with Crippen molar-refractivity contribution >= 4 is 47.2 Å². The van der Waals surface area contributed by atoms with Crippen LogP contribution in [0, 0.1) is 17.5 Å². The number of piperazine rings is 1. The van der Waals surface area contributed by atoms with Gasteiger partial charge in [-0.05, 0) is 24.3 Å². The van der Waals surface area contributed by atoms with E-state index in [0.717, 1.165) is 36.7 Å². The standard InChI is InChI=1S/C21H24F3N5O2.HI/c1-25-21(26-13-18(30)27-17-7-6-16(22)19(23)20(17)24)29-10-8-28(9-11-29)14-4-3-5-15(12-14)31-2;/h3-7,12H,8-11,13H2,1-2H3,(H,25,26)(H,27,30);1H. The summed E-state index contributed by atoms with van der Waals surface area (Å²) in [6.45, 7) is 2.65. The average molecular weight is 563 g/mol. The minimum absolute atomic E-state index is 0. The Labute approximate surface area is 201 Å². The van der Waals surface area contributed by atoms with Gasteiger partial charge in [-0.15, -0.1) is 24.0 Å². The van der Waals surface area contributed by atoms with E-state index in [2.05, 4.69) is 20.5 Å². The third kappa shape index (κ3) is 6.17. The Hall–Kier alpha value is -2.70. The minimum atomic E-state index is -1.63. The number of anilines is 2. The molecule has 1 aliphatic rings. The first-order valence-electron chi connectivity index (χ1n) is 9.71. The van der Waals surface area contributed by atoms with E-state index >= 15 is 0 Å². The Kier molecular flexibility index (Phi) is 9.42. The molecule has 3 rings (SSSR count). The summed E-state index contributed by atoms with van der Waals surface area (Å²) in [7, 11) is 3.23. The van der Waals surface area contributed by atoms with Crippen LogP contribution in [0.2, 0.25) is 0 Å². The summed E-state index contributed by atoms with van der Waals surface area (Å²) in [5.41, 5.74) is 0.641. The third-order valence-corrected chi connectivity index (χ3v) is 4.93. The number of carbonyl (C=O) groups excluding carboxylic acids is 1. The zero-order valence-electron chi connectivity index (χ0n) is 17.7. The normalized spacial score (nSPS) is 14.0. The van der Waals surface area contributed by atoms with Gasteiger partial charge in [-0.3, -0.25) is 9.79 Å². The quantitative estimate of drug-likeness (QED) is 0.254. The van der Waals surface area contributed by atoms with Gasteiger partial charge in [0.25, 0.3) is 0 Å². The number of rotatable bonds is 5. The molecule has 0 bridgehead atoms. The fourth-order valence-corrected chi connectivity index (χ4v) is 3.29. The van der Waals surface area contributed by atoms with E-state index in [1.54, 1.807) is 14.2 Å². The number of hydrogen-bond acceptors (Lipinski definition) is 4. The van der Waals surface area contributed by atoms with Crippen molar-refractivity contribution < 1.29 is 22.7 Å². The molecule has 2 aromatic rings. The molecule has 0 atom stereocenters. The molecule has 0 spiro atoms. The first-order chi connectivity index (χ1) is 14.9. The Balaban J connectivity index is 0.00000363. The molecule has 2 N–H and O–H groups in total. The summed E-state index contributed by atoms with van der Waals surface area (Å²) in [5.74, 6) is -3.68. The lowest BCUT2D eigenvalue weighted by Crippen LogP contribution is -2.53. The highest BCUT2D eigenvalue weighted by atomic mass is 127. The first kappa shape index (κ1) is 25.6. The number of benzene rings is 2.